The lowest BCUT2D eigenvalue weighted by molar-refractivity contribution is -0.130. The van der Waals surface area contributed by atoms with Crippen molar-refractivity contribution in [2.75, 3.05) is 11.4 Å². The third kappa shape index (κ3) is 5.19. The number of ether oxygens (including phenoxy) is 1. The van der Waals surface area contributed by atoms with Crippen molar-refractivity contribution < 1.29 is 23.1 Å². The summed E-state index contributed by atoms with van der Waals surface area (Å²) >= 11 is 0.687. The van der Waals surface area contributed by atoms with E-state index in [1.807, 2.05) is 24.3 Å². The van der Waals surface area contributed by atoms with Crippen LogP contribution in [-0.4, -0.2) is 29.6 Å². The molecule has 3 aromatic carbocycles. The lowest BCUT2D eigenvalue weighted by Gasteiger charge is -2.20. The molecule has 1 aliphatic rings. The minimum absolute atomic E-state index is 0.177. The van der Waals surface area contributed by atoms with Gasteiger partial charge in [-0.2, -0.15) is 5.10 Å². The van der Waals surface area contributed by atoms with Crippen LogP contribution < -0.4 is 9.04 Å². The summed E-state index contributed by atoms with van der Waals surface area (Å²) in [6, 6.07) is 17.7. The SMILES string of the molecule is COc1ccc(C2CC(c3ccc(N(Sc4c(F)cccc4F)C(C)=O)cc3)=NN2C(C)=O)cc1. The van der Waals surface area contributed by atoms with E-state index >= 15 is 0 Å². The van der Waals surface area contributed by atoms with E-state index in [2.05, 4.69) is 5.10 Å². The second kappa shape index (κ2) is 10.3. The first kappa shape index (κ1) is 24.4. The van der Waals surface area contributed by atoms with Crippen molar-refractivity contribution in [2.24, 2.45) is 5.10 Å². The van der Waals surface area contributed by atoms with Gasteiger partial charge < -0.3 is 4.74 Å². The molecule has 4 rings (SSSR count). The molecule has 9 heteroatoms. The minimum atomic E-state index is -0.743. The first-order valence-corrected chi connectivity index (χ1v) is 11.6. The molecule has 180 valence electrons. The van der Waals surface area contributed by atoms with Crippen molar-refractivity contribution >= 4 is 35.2 Å². The van der Waals surface area contributed by atoms with E-state index in [1.54, 1.807) is 31.4 Å². The number of anilines is 1. The molecule has 1 unspecified atom stereocenters. The molecule has 0 saturated carbocycles. The summed E-state index contributed by atoms with van der Waals surface area (Å²) in [6.07, 6.45) is 0.511. The number of carbonyl (C=O) groups excluding carboxylic acids is 2. The predicted molar refractivity (Wildman–Crippen MR) is 131 cm³/mol. The van der Waals surface area contributed by atoms with Gasteiger partial charge in [0, 0.05) is 32.2 Å². The Morgan fingerprint density at radius 3 is 2.17 bits per heavy atom. The van der Waals surface area contributed by atoms with Crippen LogP contribution >= 0.6 is 11.9 Å². The zero-order chi connectivity index (χ0) is 25.1. The van der Waals surface area contributed by atoms with Crippen LogP contribution in [0.1, 0.15) is 37.4 Å². The Balaban J connectivity index is 1.57. The second-order valence-corrected chi connectivity index (χ2v) is 8.86. The molecule has 0 radical (unpaired) electrons. The Kier molecular flexibility index (Phi) is 7.16. The summed E-state index contributed by atoms with van der Waals surface area (Å²) in [5.41, 5.74) is 2.89. The predicted octanol–water partition coefficient (Wildman–Crippen LogP) is 5.73. The maximum Gasteiger partial charge on any atom is 0.240 e. The van der Waals surface area contributed by atoms with Gasteiger partial charge in [-0.1, -0.05) is 30.3 Å². The zero-order valence-electron chi connectivity index (χ0n) is 19.4. The number of hydrogen-bond acceptors (Lipinski definition) is 5. The molecule has 6 nitrogen and oxygen atoms in total. The molecule has 0 aliphatic carbocycles. The van der Waals surface area contributed by atoms with Gasteiger partial charge in [0.05, 0.1) is 24.6 Å². The van der Waals surface area contributed by atoms with Crippen LogP contribution in [0.15, 0.2) is 76.7 Å². The first-order chi connectivity index (χ1) is 16.8. The van der Waals surface area contributed by atoms with Gasteiger partial charge in [-0.3, -0.25) is 9.59 Å². The molecule has 2 amide bonds. The maximum absolute atomic E-state index is 14.1. The van der Waals surface area contributed by atoms with Crippen LogP contribution in [0.4, 0.5) is 14.5 Å². The topological polar surface area (TPSA) is 62.2 Å². The van der Waals surface area contributed by atoms with Crippen LogP contribution in [-0.2, 0) is 9.59 Å². The highest BCUT2D eigenvalue weighted by molar-refractivity contribution is 8.01. The van der Waals surface area contributed by atoms with E-state index in [0.717, 1.165) is 34.7 Å². The summed E-state index contributed by atoms with van der Waals surface area (Å²) in [6.45, 7) is 2.79. The molecule has 35 heavy (non-hydrogen) atoms. The number of hydrogen-bond donors (Lipinski definition) is 0. The average Bonchev–Trinajstić information content (AvgIpc) is 3.30. The van der Waals surface area contributed by atoms with Crippen molar-refractivity contribution in [3.63, 3.8) is 0 Å². The van der Waals surface area contributed by atoms with Crippen LogP contribution in [0, 0.1) is 11.6 Å². The van der Waals surface area contributed by atoms with Crippen molar-refractivity contribution in [3.8, 4) is 5.75 Å². The quantitative estimate of drug-likeness (QED) is 0.410. The summed E-state index contributed by atoms with van der Waals surface area (Å²) in [5.74, 6) is -1.32. The van der Waals surface area contributed by atoms with Crippen molar-refractivity contribution in [1.29, 1.82) is 0 Å². The summed E-state index contributed by atoms with van der Waals surface area (Å²) in [5, 5.41) is 6.01. The molecule has 1 aliphatic heterocycles. The number of benzene rings is 3. The fourth-order valence-corrected chi connectivity index (χ4v) is 4.66. The molecule has 0 aromatic heterocycles. The third-order valence-corrected chi connectivity index (χ3v) is 6.78. The Morgan fingerprint density at radius 2 is 1.63 bits per heavy atom. The number of amides is 2. The monoisotopic (exact) mass is 495 g/mol. The molecule has 3 aromatic rings. The fourth-order valence-electron chi connectivity index (χ4n) is 3.81. The largest absolute Gasteiger partial charge is 0.497 e. The molecule has 0 fully saturated rings. The molecule has 0 bridgehead atoms. The average molecular weight is 496 g/mol. The standard InChI is InChI=1S/C26H23F2N3O3S/c1-16(32)30-25(19-9-13-21(34-3)14-10-19)15-24(29-30)18-7-11-20(12-8-18)31(17(2)33)35-26-22(27)5-4-6-23(26)28/h4-14,25H,15H2,1-3H3. The van der Waals surface area contributed by atoms with E-state index in [9.17, 15) is 18.4 Å². The number of nitrogens with zero attached hydrogens (tertiary/aromatic N) is 3. The molecular formula is C26H23F2N3O3S. The summed E-state index contributed by atoms with van der Waals surface area (Å²) in [7, 11) is 1.59. The van der Waals surface area contributed by atoms with Gasteiger partial charge >= 0.3 is 0 Å². The summed E-state index contributed by atoms with van der Waals surface area (Å²) < 4.78 is 34.7. The molecular weight excluding hydrogens is 472 g/mol. The Hall–Kier alpha value is -3.72. The lowest BCUT2D eigenvalue weighted by atomic mass is 9.98. The zero-order valence-corrected chi connectivity index (χ0v) is 20.2. The number of halogens is 2. The van der Waals surface area contributed by atoms with Gasteiger partial charge in [-0.15, -0.1) is 0 Å². The Morgan fingerprint density at radius 1 is 1.00 bits per heavy atom. The number of methoxy groups -OCH3 is 1. The van der Waals surface area contributed by atoms with Crippen LogP contribution in [0.3, 0.4) is 0 Å². The van der Waals surface area contributed by atoms with Gasteiger partial charge in [0.1, 0.15) is 22.3 Å². The van der Waals surface area contributed by atoms with Crippen LogP contribution in [0.25, 0.3) is 0 Å². The van der Waals surface area contributed by atoms with Gasteiger partial charge in [0.2, 0.25) is 11.8 Å². The smallest absolute Gasteiger partial charge is 0.240 e. The second-order valence-electron chi connectivity index (χ2n) is 7.91. The van der Waals surface area contributed by atoms with E-state index in [-0.39, 0.29) is 22.8 Å². The highest BCUT2D eigenvalue weighted by Crippen LogP contribution is 2.36. The molecule has 0 spiro atoms. The highest BCUT2D eigenvalue weighted by atomic mass is 32.2. The van der Waals surface area contributed by atoms with Crippen LogP contribution in [0.2, 0.25) is 0 Å². The van der Waals surface area contributed by atoms with E-state index in [1.165, 1.54) is 29.2 Å². The van der Waals surface area contributed by atoms with E-state index in [0.29, 0.717) is 24.1 Å². The number of rotatable bonds is 6. The normalized spacial score (nSPS) is 15.1. The van der Waals surface area contributed by atoms with Gasteiger partial charge in [-0.25, -0.2) is 18.1 Å². The number of carbonyl (C=O) groups is 2. The molecule has 1 atom stereocenters. The maximum atomic E-state index is 14.1. The first-order valence-electron chi connectivity index (χ1n) is 10.8. The van der Waals surface area contributed by atoms with Crippen molar-refractivity contribution in [2.45, 2.75) is 31.2 Å². The molecule has 1 heterocycles. The van der Waals surface area contributed by atoms with Crippen LogP contribution in [0.5, 0.6) is 5.75 Å². The van der Waals surface area contributed by atoms with Gasteiger partial charge in [0.25, 0.3) is 0 Å². The van der Waals surface area contributed by atoms with E-state index in [4.69, 9.17) is 4.74 Å². The Bertz CT molecular complexity index is 1260. The number of hydrazone groups is 1. The highest BCUT2D eigenvalue weighted by Gasteiger charge is 2.31. The molecule has 0 saturated heterocycles. The fraction of sp³-hybridized carbons (Fsp3) is 0.192. The van der Waals surface area contributed by atoms with Gasteiger partial charge in [-0.05, 0) is 47.5 Å². The lowest BCUT2D eigenvalue weighted by Crippen LogP contribution is -2.24. The van der Waals surface area contributed by atoms with Crippen molar-refractivity contribution in [3.05, 3.63) is 89.5 Å². The minimum Gasteiger partial charge on any atom is -0.497 e. The summed E-state index contributed by atoms with van der Waals surface area (Å²) in [4.78, 5) is 24.3. The van der Waals surface area contributed by atoms with Crippen molar-refractivity contribution in [1.82, 2.24) is 5.01 Å². The van der Waals surface area contributed by atoms with E-state index < -0.39 is 11.6 Å². The Labute approximate surface area is 206 Å². The van der Waals surface area contributed by atoms with Gasteiger partial charge in [0.15, 0.2) is 0 Å². The molecule has 0 N–H and O–H groups in total. The third-order valence-electron chi connectivity index (χ3n) is 5.56.